The second kappa shape index (κ2) is 9.88. The van der Waals surface area contributed by atoms with Crippen LogP contribution < -0.4 is 10.6 Å². The normalized spacial score (nSPS) is 24.5. The Balaban J connectivity index is 1.38. The van der Waals surface area contributed by atoms with Crippen LogP contribution in [0.3, 0.4) is 0 Å². The van der Waals surface area contributed by atoms with Crippen LogP contribution in [-0.2, 0) is 4.79 Å². The zero-order valence-corrected chi connectivity index (χ0v) is 16.5. The molecule has 0 radical (unpaired) electrons. The van der Waals surface area contributed by atoms with Gasteiger partial charge in [0.2, 0.25) is 5.91 Å². The Kier molecular flexibility index (Phi) is 7.27. The number of primary amides is 1. The molecule has 1 aromatic rings. The molecule has 28 heavy (non-hydrogen) atoms. The van der Waals surface area contributed by atoms with Crippen LogP contribution in [0.4, 0.5) is 10.1 Å². The van der Waals surface area contributed by atoms with Gasteiger partial charge in [-0.2, -0.15) is 5.26 Å². The number of nitrogens with two attached hydrogens (primary N) is 1. The summed E-state index contributed by atoms with van der Waals surface area (Å²) in [7, 11) is 0. The third-order valence-corrected chi connectivity index (χ3v) is 6.56. The molecule has 1 unspecified atom stereocenters. The summed E-state index contributed by atoms with van der Waals surface area (Å²) in [5, 5.41) is 8.92. The molecule has 0 bridgehead atoms. The van der Waals surface area contributed by atoms with Gasteiger partial charge in [-0.3, -0.25) is 9.69 Å². The van der Waals surface area contributed by atoms with Gasteiger partial charge in [-0.25, -0.2) is 4.39 Å². The average Bonchev–Trinajstić information content (AvgIpc) is 2.72. The molecule has 1 aliphatic carbocycles. The number of carbonyl (C=O) groups excluding carboxylic acids is 1. The number of halogens is 1. The van der Waals surface area contributed by atoms with E-state index >= 15 is 0 Å². The zero-order chi connectivity index (χ0) is 19.9. The lowest BCUT2D eigenvalue weighted by Crippen LogP contribution is -2.47. The van der Waals surface area contributed by atoms with Gasteiger partial charge in [0.25, 0.3) is 0 Å². The van der Waals surface area contributed by atoms with Crippen molar-refractivity contribution in [3.63, 3.8) is 0 Å². The van der Waals surface area contributed by atoms with E-state index in [1.54, 1.807) is 6.07 Å². The van der Waals surface area contributed by atoms with Gasteiger partial charge in [-0.15, -0.1) is 0 Å². The maximum atomic E-state index is 13.9. The number of carbonyl (C=O) groups is 1. The number of anilines is 1. The van der Waals surface area contributed by atoms with E-state index < -0.39 is 0 Å². The highest BCUT2D eigenvalue weighted by molar-refractivity contribution is 5.77. The summed E-state index contributed by atoms with van der Waals surface area (Å²) in [5.41, 5.74) is 6.19. The highest BCUT2D eigenvalue weighted by Crippen LogP contribution is 2.36. The maximum absolute atomic E-state index is 13.9. The van der Waals surface area contributed by atoms with Gasteiger partial charge in [-0.05, 0) is 49.8 Å². The Bertz CT molecular complexity index is 688. The SMILES string of the molecule is N#CCC(C(N)=O)C1CCC(CCN2CCN(c3ccccc3F)CC2)CC1. The molecule has 1 atom stereocenters. The summed E-state index contributed by atoms with van der Waals surface area (Å²) in [6.45, 7) is 4.74. The zero-order valence-electron chi connectivity index (χ0n) is 16.5. The second-order valence-electron chi connectivity index (χ2n) is 8.22. The van der Waals surface area contributed by atoms with Gasteiger partial charge in [0.1, 0.15) is 5.82 Å². The summed E-state index contributed by atoms with van der Waals surface area (Å²) >= 11 is 0. The monoisotopic (exact) mass is 386 g/mol. The Morgan fingerprint density at radius 1 is 1.18 bits per heavy atom. The van der Waals surface area contributed by atoms with E-state index in [9.17, 15) is 9.18 Å². The number of hydrogen-bond donors (Lipinski definition) is 1. The van der Waals surface area contributed by atoms with Gasteiger partial charge in [-0.1, -0.05) is 25.0 Å². The lowest BCUT2D eigenvalue weighted by molar-refractivity contribution is -0.123. The van der Waals surface area contributed by atoms with E-state index in [0.717, 1.165) is 58.4 Å². The van der Waals surface area contributed by atoms with Crippen LogP contribution in [0.5, 0.6) is 0 Å². The molecule has 5 nitrogen and oxygen atoms in total. The molecular formula is C22H31FN4O. The smallest absolute Gasteiger partial charge is 0.221 e. The Labute approximate surface area is 167 Å². The maximum Gasteiger partial charge on any atom is 0.221 e. The van der Waals surface area contributed by atoms with Crippen LogP contribution in [0.15, 0.2) is 24.3 Å². The van der Waals surface area contributed by atoms with Gasteiger partial charge in [0.15, 0.2) is 0 Å². The summed E-state index contributed by atoms with van der Waals surface area (Å²) in [6, 6.07) is 9.11. The number of benzene rings is 1. The Hall–Kier alpha value is -2.13. The highest BCUT2D eigenvalue weighted by atomic mass is 19.1. The molecule has 2 fully saturated rings. The number of rotatable bonds is 7. The summed E-state index contributed by atoms with van der Waals surface area (Å²) in [5.74, 6) is 0.225. The van der Waals surface area contributed by atoms with Gasteiger partial charge in [0.05, 0.1) is 17.7 Å². The predicted octanol–water partition coefficient (Wildman–Crippen LogP) is 3.16. The molecule has 1 aromatic carbocycles. The largest absolute Gasteiger partial charge is 0.369 e. The van der Waals surface area contributed by atoms with E-state index in [1.807, 2.05) is 12.1 Å². The van der Waals surface area contributed by atoms with E-state index in [0.29, 0.717) is 11.6 Å². The molecule has 6 heteroatoms. The van der Waals surface area contributed by atoms with Crippen LogP contribution in [0.1, 0.15) is 38.5 Å². The lowest BCUT2D eigenvalue weighted by atomic mass is 9.74. The fraction of sp³-hybridized carbons (Fsp3) is 0.636. The minimum absolute atomic E-state index is 0.140. The number of nitriles is 1. The number of hydrogen-bond acceptors (Lipinski definition) is 4. The quantitative estimate of drug-likeness (QED) is 0.781. The van der Waals surface area contributed by atoms with Gasteiger partial charge in [0, 0.05) is 32.6 Å². The first kappa shape index (κ1) is 20.6. The standard InChI is InChI=1S/C22H31FN4O/c23-20-3-1-2-4-21(20)27-15-13-26(14-16-27)12-10-17-5-7-18(8-6-17)19(9-11-24)22(25)28/h1-4,17-19H,5-10,12-16H2,(H2,25,28). The molecule has 152 valence electrons. The first-order valence-electron chi connectivity index (χ1n) is 10.5. The lowest BCUT2D eigenvalue weighted by Gasteiger charge is -2.37. The Morgan fingerprint density at radius 2 is 1.86 bits per heavy atom. The number of piperazine rings is 1. The number of nitrogens with zero attached hydrogens (tertiary/aromatic N) is 3. The van der Waals surface area contributed by atoms with Crippen molar-refractivity contribution in [2.24, 2.45) is 23.5 Å². The fourth-order valence-electron chi connectivity index (χ4n) is 4.76. The van der Waals surface area contributed by atoms with Crippen molar-refractivity contribution < 1.29 is 9.18 Å². The van der Waals surface area contributed by atoms with Crippen molar-refractivity contribution in [2.45, 2.75) is 38.5 Å². The van der Waals surface area contributed by atoms with Crippen LogP contribution in [-0.4, -0.2) is 43.5 Å². The highest BCUT2D eigenvalue weighted by Gasteiger charge is 2.31. The average molecular weight is 387 g/mol. The molecule has 3 rings (SSSR count). The van der Waals surface area contributed by atoms with Crippen LogP contribution >= 0.6 is 0 Å². The van der Waals surface area contributed by atoms with Gasteiger partial charge < -0.3 is 10.6 Å². The third kappa shape index (κ3) is 5.23. The van der Waals surface area contributed by atoms with Crippen molar-refractivity contribution >= 4 is 11.6 Å². The molecule has 1 heterocycles. The summed E-state index contributed by atoms with van der Waals surface area (Å²) in [6.07, 6.45) is 5.66. The predicted molar refractivity (Wildman–Crippen MR) is 108 cm³/mol. The molecule has 0 aromatic heterocycles. The minimum atomic E-state index is -0.322. The number of amides is 1. The summed E-state index contributed by atoms with van der Waals surface area (Å²) in [4.78, 5) is 16.2. The van der Waals surface area contributed by atoms with Gasteiger partial charge >= 0.3 is 0 Å². The van der Waals surface area contributed by atoms with Crippen LogP contribution in [0.2, 0.25) is 0 Å². The van der Waals surface area contributed by atoms with Crippen molar-refractivity contribution in [1.29, 1.82) is 5.26 Å². The number of para-hydroxylation sites is 1. The van der Waals surface area contributed by atoms with Crippen molar-refractivity contribution in [1.82, 2.24) is 4.90 Å². The van der Waals surface area contributed by atoms with E-state index in [-0.39, 0.29) is 30.0 Å². The topological polar surface area (TPSA) is 73.4 Å². The third-order valence-electron chi connectivity index (χ3n) is 6.56. The molecule has 1 saturated heterocycles. The molecule has 2 aliphatic rings. The Morgan fingerprint density at radius 3 is 2.46 bits per heavy atom. The molecule has 1 saturated carbocycles. The van der Waals surface area contributed by atoms with E-state index in [4.69, 9.17) is 11.0 Å². The minimum Gasteiger partial charge on any atom is -0.369 e. The van der Waals surface area contributed by atoms with Crippen molar-refractivity contribution in [2.75, 3.05) is 37.6 Å². The van der Waals surface area contributed by atoms with E-state index in [2.05, 4.69) is 15.9 Å². The summed E-state index contributed by atoms with van der Waals surface area (Å²) < 4.78 is 13.9. The first-order chi connectivity index (χ1) is 13.6. The molecular weight excluding hydrogens is 355 g/mol. The molecule has 1 amide bonds. The second-order valence-corrected chi connectivity index (χ2v) is 8.22. The van der Waals surface area contributed by atoms with Crippen molar-refractivity contribution in [3.8, 4) is 6.07 Å². The molecule has 0 spiro atoms. The molecule has 1 aliphatic heterocycles. The van der Waals surface area contributed by atoms with Crippen LogP contribution in [0.25, 0.3) is 0 Å². The molecule has 2 N–H and O–H groups in total. The van der Waals surface area contributed by atoms with Crippen molar-refractivity contribution in [3.05, 3.63) is 30.1 Å². The van der Waals surface area contributed by atoms with Crippen LogP contribution in [0, 0.1) is 34.9 Å². The fourth-order valence-corrected chi connectivity index (χ4v) is 4.76. The first-order valence-corrected chi connectivity index (χ1v) is 10.5. The van der Waals surface area contributed by atoms with E-state index in [1.165, 1.54) is 12.5 Å².